The fourth-order valence-corrected chi connectivity index (χ4v) is 0.955. The van der Waals surface area contributed by atoms with Crippen molar-refractivity contribution in [1.82, 2.24) is 9.97 Å². The number of aromatic nitrogens is 2. The number of anilines is 1. The highest BCUT2D eigenvalue weighted by Crippen LogP contribution is 2.11. The lowest BCUT2D eigenvalue weighted by Gasteiger charge is -2.09. The Hall–Kier alpha value is -1.16. The van der Waals surface area contributed by atoms with Crippen molar-refractivity contribution >= 4 is 5.82 Å². The molecule has 0 saturated carbocycles. The Kier molecular flexibility index (Phi) is 3.64. The summed E-state index contributed by atoms with van der Waals surface area (Å²) < 4.78 is 5.12. The molecule has 1 unspecified atom stereocenters. The van der Waals surface area contributed by atoms with Gasteiger partial charge in [0.15, 0.2) is 5.82 Å². The predicted octanol–water partition coefficient (Wildman–Crippen LogP) is 1.62. The minimum atomic E-state index is -0.0568. The normalized spacial score (nSPS) is 12.5. The number of methoxy groups -OCH3 is 1. The van der Waals surface area contributed by atoms with Gasteiger partial charge in [-0.25, -0.2) is 9.97 Å². The van der Waals surface area contributed by atoms with Crippen LogP contribution < -0.4 is 5.32 Å². The molecule has 1 rings (SSSR count). The Morgan fingerprint density at radius 1 is 1.62 bits per heavy atom. The molecule has 1 atom stereocenters. The van der Waals surface area contributed by atoms with E-state index in [2.05, 4.69) is 15.3 Å². The first-order chi connectivity index (χ1) is 6.27. The second-order valence-electron chi connectivity index (χ2n) is 2.71. The molecule has 1 aromatic heterocycles. The van der Waals surface area contributed by atoms with Crippen molar-refractivity contribution in [2.75, 3.05) is 19.0 Å². The fraction of sp³-hybridized carbons (Fsp3) is 0.556. The maximum absolute atomic E-state index is 5.12. The number of nitrogens with zero attached hydrogens (tertiary/aromatic N) is 2. The first-order valence-corrected chi connectivity index (χ1v) is 4.37. The molecular weight excluding hydrogens is 166 g/mol. The quantitative estimate of drug-likeness (QED) is 0.766. The van der Waals surface area contributed by atoms with Gasteiger partial charge in [-0.05, 0) is 19.9 Å². The lowest BCUT2D eigenvalue weighted by atomic mass is 10.3. The van der Waals surface area contributed by atoms with E-state index in [1.54, 1.807) is 13.3 Å². The molecule has 0 spiro atoms. The van der Waals surface area contributed by atoms with Gasteiger partial charge in [-0.1, -0.05) is 0 Å². The summed E-state index contributed by atoms with van der Waals surface area (Å²) in [6, 6.07) is 1.84. The van der Waals surface area contributed by atoms with Crippen LogP contribution >= 0.6 is 0 Å². The zero-order valence-electron chi connectivity index (χ0n) is 8.24. The van der Waals surface area contributed by atoms with Crippen LogP contribution in [0.5, 0.6) is 0 Å². The van der Waals surface area contributed by atoms with Crippen molar-refractivity contribution in [3.8, 4) is 0 Å². The second kappa shape index (κ2) is 4.77. The summed E-state index contributed by atoms with van der Waals surface area (Å²) in [5.74, 6) is 1.55. The van der Waals surface area contributed by atoms with Crippen LogP contribution in [0.4, 0.5) is 5.82 Å². The molecule has 0 saturated heterocycles. The van der Waals surface area contributed by atoms with Gasteiger partial charge in [-0.2, -0.15) is 0 Å². The van der Waals surface area contributed by atoms with E-state index < -0.39 is 0 Å². The minimum absolute atomic E-state index is 0.0568. The average Bonchev–Trinajstić information content (AvgIpc) is 2.18. The van der Waals surface area contributed by atoms with E-state index in [1.165, 1.54) is 0 Å². The maximum Gasteiger partial charge on any atom is 0.159 e. The first kappa shape index (κ1) is 9.92. The lowest BCUT2D eigenvalue weighted by molar-refractivity contribution is 0.112. The van der Waals surface area contributed by atoms with Crippen molar-refractivity contribution in [3.05, 3.63) is 18.1 Å². The molecule has 4 heteroatoms. The standard InChI is InChI=1S/C9H15N3O/c1-4-10-8-5-6-11-9(12-8)7(2)13-3/h5-7H,4H2,1-3H3,(H,10,11,12). The third-order valence-electron chi connectivity index (χ3n) is 1.75. The Balaban J connectivity index is 2.78. The van der Waals surface area contributed by atoms with Gasteiger partial charge in [0.1, 0.15) is 11.9 Å². The summed E-state index contributed by atoms with van der Waals surface area (Å²) in [7, 11) is 1.65. The predicted molar refractivity (Wildman–Crippen MR) is 51.6 cm³/mol. The fourth-order valence-electron chi connectivity index (χ4n) is 0.955. The van der Waals surface area contributed by atoms with Gasteiger partial charge in [0.25, 0.3) is 0 Å². The minimum Gasteiger partial charge on any atom is -0.374 e. The first-order valence-electron chi connectivity index (χ1n) is 4.37. The van der Waals surface area contributed by atoms with Gasteiger partial charge in [-0.15, -0.1) is 0 Å². The summed E-state index contributed by atoms with van der Waals surface area (Å²) in [6.45, 7) is 4.81. The SMILES string of the molecule is CCNc1ccnc(C(C)OC)n1. The molecular formula is C9H15N3O. The van der Waals surface area contributed by atoms with Gasteiger partial charge in [-0.3, -0.25) is 0 Å². The maximum atomic E-state index is 5.12. The monoisotopic (exact) mass is 181 g/mol. The van der Waals surface area contributed by atoms with E-state index in [0.29, 0.717) is 5.82 Å². The van der Waals surface area contributed by atoms with E-state index in [0.717, 1.165) is 12.4 Å². The molecule has 0 aliphatic rings. The van der Waals surface area contributed by atoms with Crippen LogP contribution in [-0.2, 0) is 4.74 Å². The van der Waals surface area contributed by atoms with E-state index in [-0.39, 0.29) is 6.10 Å². The summed E-state index contributed by atoms with van der Waals surface area (Å²) in [5, 5.41) is 3.12. The van der Waals surface area contributed by atoms with Crippen molar-refractivity contribution in [3.63, 3.8) is 0 Å². The van der Waals surface area contributed by atoms with Crippen molar-refractivity contribution in [2.45, 2.75) is 20.0 Å². The molecule has 0 amide bonds. The highest BCUT2D eigenvalue weighted by Gasteiger charge is 2.06. The van der Waals surface area contributed by atoms with Crippen molar-refractivity contribution in [2.24, 2.45) is 0 Å². The molecule has 0 radical (unpaired) electrons. The smallest absolute Gasteiger partial charge is 0.159 e. The van der Waals surface area contributed by atoms with Crippen molar-refractivity contribution < 1.29 is 4.74 Å². The molecule has 0 aliphatic carbocycles. The van der Waals surface area contributed by atoms with Gasteiger partial charge in [0, 0.05) is 19.9 Å². The Morgan fingerprint density at radius 3 is 3.00 bits per heavy atom. The lowest BCUT2D eigenvalue weighted by Crippen LogP contribution is -2.06. The summed E-state index contributed by atoms with van der Waals surface area (Å²) in [5.41, 5.74) is 0. The van der Waals surface area contributed by atoms with Crippen LogP contribution in [0, 0.1) is 0 Å². The van der Waals surface area contributed by atoms with E-state index in [4.69, 9.17) is 4.74 Å². The van der Waals surface area contributed by atoms with Crippen LogP contribution in [0.25, 0.3) is 0 Å². The number of ether oxygens (including phenoxy) is 1. The largest absolute Gasteiger partial charge is 0.374 e. The number of rotatable bonds is 4. The van der Waals surface area contributed by atoms with Crippen molar-refractivity contribution in [1.29, 1.82) is 0 Å². The Bertz CT molecular complexity index is 265. The molecule has 0 aromatic carbocycles. The number of hydrogen-bond donors (Lipinski definition) is 1. The zero-order valence-corrected chi connectivity index (χ0v) is 8.24. The third-order valence-corrected chi connectivity index (χ3v) is 1.75. The Morgan fingerprint density at radius 2 is 2.38 bits per heavy atom. The summed E-state index contributed by atoms with van der Waals surface area (Å²) in [6.07, 6.45) is 1.68. The molecule has 0 bridgehead atoms. The van der Waals surface area contributed by atoms with Crippen LogP contribution in [0.3, 0.4) is 0 Å². The molecule has 13 heavy (non-hydrogen) atoms. The topological polar surface area (TPSA) is 47.0 Å². The molecule has 0 aliphatic heterocycles. The van der Waals surface area contributed by atoms with Crippen LogP contribution in [0.15, 0.2) is 12.3 Å². The van der Waals surface area contributed by atoms with Gasteiger partial charge in [0.2, 0.25) is 0 Å². The van der Waals surface area contributed by atoms with Crippen LogP contribution in [-0.4, -0.2) is 23.6 Å². The molecule has 1 N–H and O–H groups in total. The van der Waals surface area contributed by atoms with Gasteiger partial charge >= 0.3 is 0 Å². The highest BCUT2D eigenvalue weighted by atomic mass is 16.5. The number of hydrogen-bond acceptors (Lipinski definition) is 4. The van der Waals surface area contributed by atoms with E-state index >= 15 is 0 Å². The second-order valence-corrected chi connectivity index (χ2v) is 2.71. The summed E-state index contributed by atoms with van der Waals surface area (Å²) >= 11 is 0. The van der Waals surface area contributed by atoms with Crippen LogP contribution in [0.2, 0.25) is 0 Å². The average molecular weight is 181 g/mol. The van der Waals surface area contributed by atoms with Gasteiger partial charge < -0.3 is 10.1 Å². The molecule has 72 valence electrons. The van der Waals surface area contributed by atoms with E-state index in [9.17, 15) is 0 Å². The molecule has 4 nitrogen and oxygen atoms in total. The third kappa shape index (κ3) is 2.66. The van der Waals surface area contributed by atoms with Crippen LogP contribution in [0.1, 0.15) is 25.8 Å². The molecule has 1 aromatic rings. The van der Waals surface area contributed by atoms with Gasteiger partial charge in [0.05, 0.1) is 0 Å². The Labute approximate surface area is 78.4 Å². The zero-order chi connectivity index (χ0) is 9.68. The number of nitrogens with one attached hydrogen (secondary N) is 1. The molecule has 0 fully saturated rings. The van der Waals surface area contributed by atoms with E-state index in [1.807, 2.05) is 19.9 Å². The summed E-state index contributed by atoms with van der Waals surface area (Å²) in [4.78, 5) is 8.40. The highest BCUT2D eigenvalue weighted by molar-refractivity contribution is 5.32. The molecule has 1 heterocycles.